The Morgan fingerprint density at radius 2 is 2.17 bits per heavy atom. The highest BCUT2D eigenvalue weighted by Crippen LogP contribution is 2.23. The van der Waals surface area contributed by atoms with E-state index >= 15 is 0 Å². The molecule has 1 aromatic heterocycles. The summed E-state index contributed by atoms with van der Waals surface area (Å²) in [6, 6.07) is -0.0639. The molecule has 0 bridgehead atoms. The van der Waals surface area contributed by atoms with Crippen LogP contribution < -0.4 is 9.80 Å². The first-order chi connectivity index (χ1) is 8.52. The maximum absolute atomic E-state index is 11.7. The summed E-state index contributed by atoms with van der Waals surface area (Å²) in [4.78, 5) is 27.0. The highest BCUT2D eigenvalue weighted by Gasteiger charge is 2.35. The zero-order chi connectivity index (χ0) is 13.3. The van der Waals surface area contributed by atoms with Gasteiger partial charge in [-0.15, -0.1) is 0 Å². The molecule has 1 fully saturated rings. The van der Waals surface area contributed by atoms with E-state index < -0.39 is 6.09 Å². The molecule has 1 atom stereocenters. The fourth-order valence-corrected chi connectivity index (χ4v) is 1.79. The number of ether oxygens (including phenoxy) is 1. The summed E-state index contributed by atoms with van der Waals surface area (Å²) in [5.41, 5.74) is 0. The monoisotopic (exact) mass is 271 g/mol. The summed E-state index contributed by atoms with van der Waals surface area (Å²) in [6.45, 7) is 2.31. The van der Waals surface area contributed by atoms with Gasteiger partial charge in [-0.25, -0.2) is 9.69 Å². The molecule has 8 heteroatoms. The molecule has 1 saturated heterocycles. The predicted octanol–water partition coefficient (Wildman–Crippen LogP) is 1.33. The van der Waals surface area contributed by atoms with Gasteiger partial charge < -0.3 is 9.64 Å². The van der Waals surface area contributed by atoms with Crippen LogP contribution in [0, 0.1) is 0 Å². The number of carbonyl (C=O) groups excluding carboxylic acids is 1. The van der Waals surface area contributed by atoms with Crippen LogP contribution >= 0.6 is 11.6 Å². The number of nitrogens with zero attached hydrogens (tertiary/aromatic N) is 5. The molecule has 1 aromatic rings. The van der Waals surface area contributed by atoms with Crippen LogP contribution in [0.3, 0.4) is 0 Å². The van der Waals surface area contributed by atoms with Gasteiger partial charge in [0.1, 0.15) is 6.61 Å². The fourth-order valence-electron chi connectivity index (χ4n) is 1.64. The maximum atomic E-state index is 11.7. The summed E-state index contributed by atoms with van der Waals surface area (Å²) >= 11 is 5.84. The Morgan fingerprint density at radius 1 is 1.44 bits per heavy atom. The van der Waals surface area contributed by atoms with Gasteiger partial charge in [0.25, 0.3) is 0 Å². The molecule has 7 nitrogen and oxygen atoms in total. The van der Waals surface area contributed by atoms with Crippen LogP contribution in [0.5, 0.6) is 0 Å². The molecule has 2 heterocycles. The van der Waals surface area contributed by atoms with E-state index in [0.29, 0.717) is 12.6 Å². The highest BCUT2D eigenvalue weighted by molar-refractivity contribution is 6.28. The number of hydrogen-bond acceptors (Lipinski definition) is 6. The molecule has 1 amide bonds. The molecule has 0 N–H and O–H groups in total. The van der Waals surface area contributed by atoms with Crippen LogP contribution in [0.15, 0.2) is 0 Å². The summed E-state index contributed by atoms with van der Waals surface area (Å²) in [5, 5.41) is 0.0539. The number of rotatable bonds is 3. The Hall–Kier alpha value is -1.63. The van der Waals surface area contributed by atoms with E-state index in [2.05, 4.69) is 15.0 Å². The lowest BCUT2D eigenvalue weighted by atomic mass is 10.2. The minimum absolute atomic E-state index is 0.0539. The van der Waals surface area contributed by atoms with Crippen molar-refractivity contribution in [1.29, 1.82) is 0 Å². The van der Waals surface area contributed by atoms with Gasteiger partial charge in [-0.05, 0) is 18.0 Å². The zero-order valence-electron chi connectivity index (χ0n) is 10.4. The van der Waals surface area contributed by atoms with Crippen molar-refractivity contribution in [3.63, 3.8) is 0 Å². The molecule has 1 aliphatic rings. The molecule has 2 rings (SSSR count). The van der Waals surface area contributed by atoms with E-state index in [1.165, 1.54) is 4.90 Å². The summed E-state index contributed by atoms with van der Waals surface area (Å²) in [5.74, 6) is 0.632. The topological polar surface area (TPSA) is 71.5 Å². The quantitative estimate of drug-likeness (QED) is 0.826. The first-order valence-corrected chi connectivity index (χ1v) is 5.95. The Bertz CT molecular complexity index is 468. The van der Waals surface area contributed by atoms with Gasteiger partial charge in [0, 0.05) is 14.1 Å². The van der Waals surface area contributed by atoms with E-state index in [0.717, 1.165) is 6.42 Å². The van der Waals surface area contributed by atoms with Crippen LogP contribution in [-0.4, -0.2) is 47.8 Å². The van der Waals surface area contributed by atoms with Crippen molar-refractivity contribution in [1.82, 2.24) is 15.0 Å². The summed E-state index contributed by atoms with van der Waals surface area (Å²) < 4.78 is 4.99. The van der Waals surface area contributed by atoms with Gasteiger partial charge in [-0.1, -0.05) is 6.92 Å². The summed E-state index contributed by atoms with van der Waals surface area (Å²) in [6.07, 6.45) is 0.306. The molecule has 0 radical (unpaired) electrons. The van der Waals surface area contributed by atoms with E-state index in [4.69, 9.17) is 16.3 Å². The van der Waals surface area contributed by atoms with Gasteiger partial charge >= 0.3 is 6.09 Å². The largest absolute Gasteiger partial charge is 0.447 e. The second kappa shape index (κ2) is 4.93. The van der Waals surface area contributed by atoms with Gasteiger partial charge in [-0.3, -0.25) is 0 Å². The lowest BCUT2D eigenvalue weighted by Gasteiger charge is -2.19. The minimum atomic E-state index is -0.450. The van der Waals surface area contributed by atoms with Crippen LogP contribution in [0.4, 0.5) is 16.7 Å². The van der Waals surface area contributed by atoms with Gasteiger partial charge in [0.05, 0.1) is 6.04 Å². The van der Waals surface area contributed by atoms with Gasteiger partial charge in [-0.2, -0.15) is 15.0 Å². The van der Waals surface area contributed by atoms with E-state index in [1.54, 1.807) is 19.0 Å². The summed E-state index contributed by atoms with van der Waals surface area (Å²) in [7, 11) is 3.57. The van der Waals surface area contributed by atoms with Gasteiger partial charge in [0.15, 0.2) is 0 Å². The van der Waals surface area contributed by atoms with Crippen molar-refractivity contribution in [3.8, 4) is 0 Å². The molecular weight excluding hydrogens is 258 g/mol. The minimum Gasteiger partial charge on any atom is -0.447 e. The molecule has 0 spiro atoms. The number of carbonyl (C=O) groups is 1. The average Bonchev–Trinajstić information content (AvgIpc) is 2.69. The average molecular weight is 272 g/mol. The predicted molar refractivity (Wildman–Crippen MR) is 67.1 cm³/mol. The third-order valence-electron chi connectivity index (χ3n) is 2.63. The third kappa shape index (κ3) is 2.31. The third-order valence-corrected chi connectivity index (χ3v) is 2.80. The van der Waals surface area contributed by atoms with E-state index in [1.807, 2.05) is 6.92 Å². The Kier molecular flexibility index (Phi) is 3.51. The lowest BCUT2D eigenvalue weighted by molar-refractivity contribution is 0.178. The molecular formula is C10H14ClN5O2. The van der Waals surface area contributed by atoms with Crippen LogP contribution in [0.2, 0.25) is 5.28 Å². The van der Waals surface area contributed by atoms with Crippen molar-refractivity contribution >= 4 is 29.6 Å². The molecule has 0 saturated carbocycles. The number of hydrogen-bond donors (Lipinski definition) is 0. The normalized spacial score (nSPS) is 19.0. The van der Waals surface area contributed by atoms with Crippen molar-refractivity contribution < 1.29 is 9.53 Å². The first-order valence-electron chi connectivity index (χ1n) is 5.57. The second-order valence-corrected chi connectivity index (χ2v) is 4.45. The Labute approximate surface area is 110 Å². The lowest BCUT2D eigenvalue weighted by Crippen LogP contribution is -2.35. The fraction of sp³-hybridized carbons (Fsp3) is 0.600. The van der Waals surface area contributed by atoms with Crippen molar-refractivity contribution in [2.75, 3.05) is 30.5 Å². The van der Waals surface area contributed by atoms with E-state index in [-0.39, 0.29) is 17.3 Å². The number of cyclic esters (lactones) is 1. The zero-order valence-corrected chi connectivity index (χ0v) is 11.2. The van der Waals surface area contributed by atoms with Crippen LogP contribution in [0.1, 0.15) is 13.3 Å². The molecule has 18 heavy (non-hydrogen) atoms. The smallest absolute Gasteiger partial charge is 0.417 e. The van der Waals surface area contributed by atoms with Crippen molar-refractivity contribution in [2.24, 2.45) is 0 Å². The number of anilines is 2. The second-order valence-electron chi connectivity index (χ2n) is 4.11. The molecule has 0 aromatic carbocycles. The van der Waals surface area contributed by atoms with Gasteiger partial charge in [0.2, 0.25) is 17.2 Å². The number of amides is 1. The first kappa shape index (κ1) is 12.8. The molecule has 0 aliphatic carbocycles. The molecule has 98 valence electrons. The number of aromatic nitrogens is 3. The Balaban J connectivity index is 2.40. The Morgan fingerprint density at radius 3 is 2.78 bits per heavy atom. The van der Waals surface area contributed by atoms with Crippen LogP contribution in [0.25, 0.3) is 0 Å². The van der Waals surface area contributed by atoms with Crippen molar-refractivity contribution in [3.05, 3.63) is 5.28 Å². The molecule has 1 aliphatic heterocycles. The maximum Gasteiger partial charge on any atom is 0.417 e. The number of halogens is 1. The highest BCUT2D eigenvalue weighted by atomic mass is 35.5. The standard InChI is InChI=1S/C10H14ClN5O2/c1-4-6-5-18-10(17)16(6)9-13-7(11)12-8(14-9)15(2)3/h6H,4-5H2,1-3H3. The van der Waals surface area contributed by atoms with Crippen LogP contribution in [-0.2, 0) is 4.74 Å². The van der Waals surface area contributed by atoms with E-state index in [9.17, 15) is 4.79 Å². The molecule has 1 unspecified atom stereocenters. The SMILES string of the molecule is CCC1COC(=O)N1c1nc(Cl)nc(N(C)C)n1. The van der Waals surface area contributed by atoms with Crippen molar-refractivity contribution in [2.45, 2.75) is 19.4 Å².